The first kappa shape index (κ1) is 11.9. The monoisotopic (exact) mass is 238 g/mol. The highest BCUT2D eigenvalue weighted by Gasteiger charge is 2.33. The molecule has 1 aromatic rings. The first-order chi connectivity index (χ1) is 7.94. The molecule has 1 aromatic heterocycles. The van der Waals surface area contributed by atoms with Crippen LogP contribution in [-0.2, 0) is 11.3 Å². The summed E-state index contributed by atoms with van der Waals surface area (Å²) in [5.41, 5.74) is -0.425. The quantitative estimate of drug-likeness (QED) is 0.775. The summed E-state index contributed by atoms with van der Waals surface area (Å²) in [6.45, 7) is 7.81. The maximum atomic E-state index is 11.7. The van der Waals surface area contributed by atoms with Crippen molar-refractivity contribution in [2.75, 3.05) is 13.1 Å². The summed E-state index contributed by atoms with van der Waals surface area (Å²) >= 11 is 0. The molecule has 0 bridgehead atoms. The van der Waals surface area contributed by atoms with Crippen molar-refractivity contribution in [1.29, 1.82) is 0 Å². The number of carbonyl (C=O) groups is 1. The van der Waals surface area contributed by atoms with E-state index < -0.39 is 5.60 Å². The predicted octanol–water partition coefficient (Wildman–Crippen LogP) is 1.14. The molecule has 0 radical (unpaired) electrons. The smallest absolute Gasteiger partial charge is 0.410 e. The molecule has 0 aliphatic carbocycles. The normalized spacial score (nSPS) is 16.8. The molecule has 0 N–H and O–H groups in total. The van der Waals surface area contributed by atoms with E-state index >= 15 is 0 Å². The van der Waals surface area contributed by atoms with E-state index in [4.69, 9.17) is 4.74 Å². The molecule has 6 heteroatoms. The fourth-order valence-corrected chi connectivity index (χ4v) is 1.73. The second kappa shape index (κ2) is 4.35. The van der Waals surface area contributed by atoms with Crippen LogP contribution in [0, 0.1) is 5.92 Å². The highest BCUT2D eigenvalue weighted by Crippen LogP contribution is 2.20. The van der Waals surface area contributed by atoms with Crippen LogP contribution in [0.1, 0.15) is 20.8 Å². The lowest BCUT2D eigenvalue weighted by Crippen LogP contribution is -2.52. The average Bonchev–Trinajstić information content (AvgIpc) is 2.59. The second-order valence-corrected chi connectivity index (χ2v) is 5.34. The summed E-state index contributed by atoms with van der Waals surface area (Å²) in [5.74, 6) is 0.426. The first-order valence-corrected chi connectivity index (χ1v) is 5.76. The van der Waals surface area contributed by atoms with Gasteiger partial charge in [0.15, 0.2) is 0 Å². The Morgan fingerprint density at radius 2 is 1.94 bits per heavy atom. The van der Waals surface area contributed by atoms with Crippen molar-refractivity contribution in [2.24, 2.45) is 5.92 Å². The maximum Gasteiger partial charge on any atom is 0.410 e. The number of carbonyl (C=O) groups excluding carboxylic acids is 1. The van der Waals surface area contributed by atoms with E-state index in [1.165, 1.54) is 0 Å². The van der Waals surface area contributed by atoms with Gasteiger partial charge in [-0.1, -0.05) is 0 Å². The number of ether oxygens (including phenoxy) is 1. The molecule has 2 heterocycles. The fourth-order valence-electron chi connectivity index (χ4n) is 1.73. The molecular formula is C11H18N4O2. The van der Waals surface area contributed by atoms with Gasteiger partial charge in [-0.05, 0) is 20.8 Å². The van der Waals surface area contributed by atoms with Gasteiger partial charge in [-0.3, -0.25) is 0 Å². The van der Waals surface area contributed by atoms with Gasteiger partial charge in [0.05, 0.1) is 18.9 Å². The van der Waals surface area contributed by atoms with Crippen molar-refractivity contribution in [3.05, 3.63) is 12.4 Å². The van der Waals surface area contributed by atoms with E-state index in [9.17, 15) is 4.79 Å². The van der Waals surface area contributed by atoms with E-state index in [0.29, 0.717) is 5.92 Å². The molecule has 1 aliphatic rings. The minimum absolute atomic E-state index is 0.234. The van der Waals surface area contributed by atoms with Crippen LogP contribution in [0.2, 0.25) is 0 Å². The molecule has 2 rings (SSSR count). The van der Waals surface area contributed by atoms with Crippen LogP contribution in [0.15, 0.2) is 12.4 Å². The molecule has 17 heavy (non-hydrogen) atoms. The molecule has 1 fully saturated rings. The Kier molecular flexibility index (Phi) is 3.04. The van der Waals surface area contributed by atoms with E-state index in [1.54, 1.807) is 22.1 Å². The molecule has 0 unspecified atom stereocenters. The summed E-state index contributed by atoms with van der Waals surface area (Å²) in [6, 6.07) is 0. The molecule has 0 saturated carbocycles. The van der Waals surface area contributed by atoms with Gasteiger partial charge in [0.1, 0.15) is 5.60 Å². The Labute approximate surface area is 101 Å². The van der Waals surface area contributed by atoms with Crippen LogP contribution < -0.4 is 0 Å². The van der Waals surface area contributed by atoms with Crippen molar-refractivity contribution >= 4 is 6.09 Å². The second-order valence-electron chi connectivity index (χ2n) is 5.34. The Hall–Kier alpha value is -1.59. The Morgan fingerprint density at radius 1 is 1.35 bits per heavy atom. The van der Waals surface area contributed by atoms with Gasteiger partial charge in [-0.2, -0.15) is 15.0 Å². The number of nitrogens with zero attached hydrogens (tertiary/aromatic N) is 4. The summed E-state index contributed by atoms with van der Waals surface area (Å²) in [5, 5.41) is 8.08. The number of aromatic nitrogens is 3. The molecule has 94 valence electrons. The van der Waals surface area contributed by atoms with Crippen molar-refractivity contribution in [3.63, 3.8) is 0 Å². The van der Waals surface area contributed by atoms with Crippen LogP contribution in [0.25, 0.3) is 0 Å². The van der Waals surface area contributed by atoms with E-state index in [2.05, 4.69) is 10.2 Å². The van der Waals surface area contributed by atoms with E-state index in [1.807, 2.05) is 20.8 Å². The number of hydrogen-bond donors (Lipinski definition) is 0. The van der Waals surface area contributed by atoms with Crippen molar-refractivity contribution in [1.82, 2.24) is 19.9 Å². The molecule has 1 saturated heterocycles. The molecular weight excluding hydrogens is 220 g/mol. The zero-order valence-electron chi connectivity index (χ0n) is 10.5. The lowest BCUT2D eigenvalue weighted by atomic mass is 10.0. The van der Waals surface area contributed by atoms with Crippen LogP contribution in [0.5, 0.6) is 0 Å². The largest absolute Gasteiger partial charge is 0.444 e. The van der Waals surface area contributed by atoms with E-state index in [0.717, 1.165) is 19.6 Å². The third-order valence-corrected chi connectivity index (χ3v) is 2.50. The molecule has 1 aliphatic heterocycles. The summed E-state index contributed by atoms with van der Waals surface area (Å²) in [7, 11) is 0. The lowest BCUT2D eigenvalue weighted by molar-refractivity contribution is -0.00445. The fraction of sp³-hybridized carbons (Fsp3) is 0.727. The maximum absolute atomic E-state index is 11.7. The number of likely N-dealkylation sites (tertiary alicyclic amines) is 1. The minimum atomic E-state index is -0.425. The molecule has 1 amide bonds. The standard InChI is InChI=1S/C11H18N4O2/c1-11(2,3)17-10(16)14-6-9(7-14)8-15-12-4-5-13-15/h4-5,9H,6-8H2,1-3H3. The Bertz CT molecular complexity index is 377. The van der Waals surface area contributed by atoms with Crippen LogP contribution >= 0.6 is 0 Å². The van der Waals surface area contributed by atoms with Gasteiger partial charge in [0, 0.05) is 19.0 Å². The molecule has 0 aromatic carbocycles. The first-order valence-electron chi connectivity index (χ1n) is 5.76. The predicted molar refractivity (Wildman–Crippen MR) is 61.3 cm³/mol. The topological polar surface area (TPSA) is 60.2 Å². The van der Waals surface area contributed by atoms with Gasteiger partial charge >= 0.3 is 6.09 Å². The van der Waals surface area contributed by atoms with Crippen LogP contribution in [0.4, 0.5) is 4.79 Å². The molecule has 0 spiro atoms. The van der Waals surface area contributed by atoms with Gasteiger partial charge in [-0.15, -0.1) is 0 Å². The zero-order valence-corrected chi connectivity index (χ0v) is 10.5. The van der Waals surface area contributed by atoms with Gasteiger partial charge in [-0.25, -0.2) is 4.79 Å². The number of amides is 1. The van der Waals surface area contributed by atoms with Crippen LogP contribution in [0.3, 0.4) is 0 Å². The number of rotatable bonds is 2. The molecule has 6 nitrogen and oxygen atoms in total. The van der Waals surface area contributed by atoms with Crippen molar-refractivity contribution < 1.29 is 9.53 Å². The highest BCUT2D eigenvalue weighted by atomic mass is 16.6. The summed E-state index contributed by atoms with van der Waals surface area (Å²) in [6.07, 6.45) is 3.08. The third kappa shape index (κ3) is 3.18. The van der Waals surface area contributed by atoms with Gasteiger partial charge < -0.3 is 9.64 Å². The SMILES string of the molecule is CC(C)(C)OC(=O)N1CC(Cn2nccn2)C1. The van der Waals surface area contributed by atoms with Crippen molar-refractivity contribution in [2.45, 2.75) is 32.9 Å². The highest BCUT2D eigenvalue weighted by molar-refractivity contribution is 5.69. The summed E-state index contributed by atoms with van der Waals surface area (Å²) < 4.78 is 5.27. The molecule has 0 atom stereocenters. The Morgan fingerprint density at radius 3 is 2.47 bits per heavy atom. The number of hydrogen-bond acceptors (Lipinski definition) is 4. The summed E-state index contributed by atoms with van der Waals surface area (Å²) in [4.78, 5) is 15.0. The average molecular weight is 238 g/mol. The third-order valence-electron chi connectivity index (χ3n) is 2.50. The van der Waals surface area contributed by atoms with Gasteiger partial charge in [0.25, 0.3) is 0 Å². The zero-order chi connectivity index (χ0) is 12.5. The van der Waals surface area contributed by atoms with Crippen molar-refractivity contribution in [3.8, 4) is 0 Å². The van der Waals surface area contributed by atoms with Crippen LogP contribution in [-0.4, -0.2) is 44.7 Å². The lowest BCUT2D eigenvalue weighted by Gasteiger charge is -2.39. The minimum Gasteiger partial charge on any atom is -0.444 e. The van der Waals surface area contributed by atoms with E-state index in [-0.39, 0.29) is 6.09 Å². The van der Waals surface area contributed by atoms with Gasteiger partial charge in [0.2, 0.25) is 0 Å². The Balaban J connectivity index is 1.73.